The van der Waals surface area contributed by atoms with Crippen LogP contribution in [0.25, 0.3) is 10.9 Å². The summed E-state index contributed by atoms with van der Waals surface area (Å²) in [5, 5.41) is 0.902. The Kier molecular flexibility index (Phi) is 4.38. The lowest BCUT2D eigenvalue weighted by Gasteiger charge is -2.27. The lowest BCUT2D eigenvalue weighted by atomic mass is 10.1. The fourth-order valence-electron chi connectivity index (χ4n) is 2.71. The first-order chi connectivity index (χ1) is 11.2. The third kappa shape index (κ3) is 3.24. The van der Waals surface area contributed by atoms with Crippen molar-refractivity contribution in [1.82, 2.24) is 9.88 Å². The van der Waals surface area contributed by atoms with Crippen molar-refractivity contribution >= 4 is 16.8 Å². The van der Waals surface area contributed by atoms with Crippen LogP contribution in [0, 0.1) is 0 Å². The molecule has 0 unspecified atom stereocenters. The molecule has 1 aromatic heterocycles. The molecule has 0 aliphatic carbocycles. The van der Waals surface area contributed by atoms with Crippen molar-refractivity contribution in [3.8, 4) is 0 Å². The van der Waals surface area contributed by atoms with Crippen LogP contribution in [0.15, 0.2) is 66.9 Å². The first-order valence-corrected chi connectivity index (χ1v) is 7.85. The monoisotopic (exact) mass is 304 g/mol. The van der Waals surface area contributed by atoms with Crippen LogP contribution in [0.3, 0.4) is 0 Å². The van der Waals surface area contributed by atoms with E-state index in [9.17, 15) is 4.79 Å². The molecule has 0 bridgehead atoms. The molecule has 3 heteroatoms. The van der Waals surface area contributed by atoms with E-state index in [1.807, 2.05) is 79.4 Å². The van der Waals surface area contributed by atoms with Gasteiger partial charge in [-0.15, -0.1) is 0 Å². The van der Waals surface area contributed by atoms with Crippen LogP contribution in [0.4, 0.5) is 0 Å². The van der Waals surface area contributed by atoms with Gasteiger partial charge in [0.15, 0.2) is 0 Å². The Morgan fingerprint density at radius 2 is 1.78 bits per heavy atom. The van der Waals surface area contributed by atoms with Crippen LogP contribution in [0.5, 0.6) is 0 Å². The van der Waals surface area contributed by atoms with Gasteiger partial charge in [-0.2, -0.15) is 0 Å². The van der Waals surface area contributed by atoms with Crippen molar-refractivity contribution in [2.45, 2.75) is 26.4 Å². The fraction of sp³-hybridized carbons (Fsp3) is 0.200. The van der Waals surface area contributed by atoms with Crippen molar-refractivity contribution in [3.05, 3.63) is 78.0 Å². The van der Waals surface area contributed by atoms with Gasteiger partial charge in [0.2, 0.25) is 0 Å². The number of hydrogen-bond donors (Lipinski definition) is 0. The average molecular weight is 304 g/mol. The zero-order chi connectivity index (χ0) is 16.2. The fourth-order valence-corrected chi connectivity index (χ4v) is 2.71. The van der Waals surface area contributed by atoms with Crippen LogP contribution in [0.2, 0.25) is 0 Å². The predicted molar refractivity (Wildman–Crippen MR) is 93.2 cm³/mol. The SMILES string of the molecule is CC(C)N(Cc1ccccc1)C(=O)c1cccc2ncccc12. The molecular formula is C20H20N2O. The van der Waals surface area contributed by atoms with E-state index in [2.05, 4.69) is 4.98 Å². The van der Waals surface area contributed by atoms with Gasteiger partial charge in [0, 0.05) is 29.7 Å². The third-order valence-electron chi connectivity index (χ3n) is 3.96. The highest BCUT2D eigenvalue weighted by molar-refractivity contribution is 6.06. The van der Waals surface area contributed by atoms with E-state index in [1.165, 1.54) is 0 Å². The zero-order valence-corrected chi connectivity index (χ0v) is 13.4. The molecule has 3 aromatic rings. The Labute approximate surface area is 136 Å². The summed E-state index contributed by atoms with van der Waals surface area (Å²) in [4.78, 5) is 19.3. The Hall–Kier alpha value is -2.68. The van der Waals surface area contributed by atoms with Crippen molar-refractivity contribution in [2.75, 3.05) is 0 Å². The number of hydrogen-bond acceptors (Lipinski definition) is 2. The molecule has 23 heavy (non-hydrogen) atoms. The van der Waals surface area contributed by atoms with Crippen LogP contribution >= 0.6 is 0 Å². The highest BCUT2D eigenvalue weighted by Gasteiger charge is 2.20. The molecule has 1 amide bonds. The summed E-state index contributed by atoms with van der Waals surface area (Å²) < 4.78 is 0. The van der Waals surface area contributed by atoms with E-state index in [1.54, 1.807) is 6.20 Å². The van der Waals surface area contributed by atoms with Crippen LogP contribution in [-0.4, -0.2) is 21.8 Å². The van der Waals surface area contributed by atoms with E-state index in [-0.39, 0.29) is 11.9 Å². The number of carbonyl (C=O) groups excluding carboxylic acids is 1. The van der Waals surface area contributed by atoms with Gasteiger partial charge < -0.3 is 4.90 Å². The minimum absolute atomic E-state index is 0.0439. The number of fused-ring (bicyclic) bond motifs is 1. The molecule has 0 fully saturated rings. The number of pyridine rings is 1. The summed E-state index contributed by atoms with van der Waals surface area (Å²) in [6.45, 7) is 4.70. The van der Waals surface area contributed by atoms with Crippen molar-refractivity contribution in [1.29, 1.82) is 0 Å². The van der Waals surface area contributed by atoms with Gasteiger partial charge in [-0.25, -0.2) is 0 Å². The topological polar surface area (TPSA) is 33.2 Å². The van der Waals surface area contributed by atoms with Gasteiger partial charge in [0.1, 0.15) is 0 Å². The van der Waals surface area contributed by atoms with Gasteiger partial charge in [0.25, 0.3) is 5.91 Å². The Morgan fingerprint density at radius 1 is 1.00 bits per heavy atom. The Bertz CT molecular complexity index is 807. The molecule has 0 atom stereocenters. The smallest absolute Gasteiger partial charge is 0.255 e. The molecule has 0 saturated carbocycles. The first-order valence-electron chi connectivity index (χ1n) is 7.85. The standard InChI is InChI=1S/C20H20N2O/c1-15(2)22(14-16-8-4-3-5-9-16)20(23)18-10-6-12-19-17(18)11-7-13-21-19/h3-13,15H,14H2,1-2H3. The molecule has 1 heterocycles. The lowest BCUT2D eigenvalue weighted by molar-refractivity contribution is 0.0692. The molecular weight excluding hydrogens is 284 g/mol. The number of carbonyl (C=O) groups is 1. The second kappa shape index (κ2) is 6.61. The molecule has 0 spiro atoms. The number of amides is 1. The van der Waals surface area contributed by atoms with E-state index in [0.29, 0.717) is 12.1 Å². The summed E-state index contributed by atoms with van der Waals surface area (Å²) in [5.74, 6) is 0.0439. The van der Waals surface area contributed by atoms with E-state index in [0.717, 1.165) is 16.5 Å². The second-order valence-electron chi connectivity index (χ2n) is 5.89. The van der Waals surface area contributed by atoms with Gasteiger partial charge in [-0.1, -0.05) is 42.5 Å². The number of rotatable bonds is 4. The molecule has 2 aromatic carbocycles. The van der Waals surface area contributed by atoms with Gasteiger partial charge in [-0.3, -0.25) is 9.78 Å². The summed E-state index contributed by atoms with van der Waals surface area (Å²) in [7, 11) is 0. The highest BCUT2D eigenvalue weighted by Crippen LogP contribution is 2.20. The number of benzene rings is 2. The van der Waals surface area contributed by atoms with Crippen molar-refractivity contribution in [3.63, 3.8) is 0 Å². The van der Waals surface area contributed by atoms with E-state index >= 15 is 0 Å². The molecule has 0 aliphatic heterocycles. The molecule has 0 radical (unpaired) electrons. The summed E-state index contributed by atoms with van der Waals surface area (Å²) in [5.41, 5.74) is 2.69. The van der Waals surface area contributed by atoms with Crippen molar-refractivity contribution in [2.24, 2.45) is 0 Å². The third-order valence-corrected chi connectivity index (χ3v) is 3.96. The normalized spacial score (nSPS) is 10.9. The minimum atomic E-state index is 0.0439. The van der Waals surface area contributed by atoms with Crippen LogP contribution < -0.4 is 0 Å². The highest BCUT2D eigenvalue weighted by atomic mass is 16.2. The summed E-state index contributed by atoms with van der Waals surface area (Å²) >= 11 is 0. The summed E-state index contributed by atoms with van der Waals surface area (Å²) in [6.07, 6.45) is 1.75. The molecule has 116 valence electrons. The van der Waals surface area contributed by atoms with Gasteiger partial charge in [0.05, 0.1) is 5.52 Å². The van der Waals surface area contributed by atoms with Gasteiger partial charge >= 0.3 is 0 Å². The van der Waals surface area contributed by atoms with E-state index < -0.39 is 0 Å². The largest absolute Gasteiger partial charge is 0.332 e. The number of nitrogens with zero attached hydrogens (tertiary/aromatic N) is 2. The zero-order valence-electron chi connectivity index (χ0n) is 13.4. The lowest BCUT2D eigenvalue weighted by Crippen LogP contribution is -2.36. The molecule has 3 rings (SSSR count). The maximum atomic E-state index is 13.1. The minimum Gasteiger partial charge on any atom is -0.332 e. The molecule has 3 nitrogen and oxygen atoms in total. The summed E-state index contributed by atoms with van der Waals surface area (Å²) in [6, 6.07) is 19.7. The number of aromatic nitrogens is 1. The molecule has 0 N–H and O–H groups in total. The van der Waals surface area contributed by atoms with Crippen LogP contribution in [0.1, 0.15) is 29.8 Å². The Balaban J connectivity index is 1.97. The quantitative estimate of drug-likeness (QED) is 0.720. The maximum Gasteiger partial charge on any atom is 0.255 e. The van der Waals surface area contributed by atoms with Gasteiger partial charge in [-0.05, 0) is 37.6 Å². The van der Waals surface area contributed by atoms with Crippen LogP contribution in [-0.2, 0) is 6.54 Å². The molecule has 0 aliphatic rings. The first kappa shape index (κ1) is 15.2. The maximum absolute atomic E-state index is 13.1. The predicted octanol–water partition coefficient (Wildman–Crippen LogP) is 4.29. The van der Waals surface area contributed by atoms with Crippen molar-refractivity contribution < 1.29 is 4.79 Å². The van der Waals surface area contributed by atoms with E-state index in [4.69, 9.17) is 0 Å². The Morgan fingerprint density at radius 3 is 2.52 bits per heavy atom. The average Bonchev–Trinajstić information content (AvgIpc) is 2.59. The second-order valence-corrected chi connectivity index (χ2v) is 5.89. The molecule has 0 saturated heterocycles.